The first-order valence-electron chi connectivity index (χ1n) is 6.49. The van der Waals surface area contributed by atoms with Crippen molar-refractivity contribution in [1.82, 2.24) is 0 Å². The average molecular weight is 349 g/mol. The summed E-state index contributed by atoms with van der Waals surface area (Å²) in [7, 11) is 0. The molecule has 0 aliphatic heterocycles. The number of hydrogen-bond acceptors (Lipinski definition) is 3. The maximum absolute atomic E-state index is 11.6. The normalized spacial score (nSPS) is 9.73. The molecule has 112 valence electrons. The molecule has 0 radical (unpaired) electrons. The van der Waals surface area contributed by atoms with Gasteiger partial charge in [-0.15, -0.1) is 0 Å². The topological polar surface area (TPSA) is 35.5 Å². The van der Waals surface area contributed by atoms with Crippen molar-refractivity contribution in [2.24, 2.45) is 0 Å². The van der Waals surface area contributed by atoms with Gasteiger partial charge in [0.25, 0.3) is 0 Å². The predicted molar refractivity (Wildman–Crippen MR) is 90.4 cm³/mol. The quantitative estimate of drug-likeness (QED) is 0.341. The molecule has 0 unspecified atom stereocenters. The number of esters is 1. The Kier molecular flexibility index (Phi) is 8.91. The molecule has 0 N–H and O–H groups in total. The molecule has 0 aliphatic rings. The number of rotatable bonds is 6. The number of hydrogen-bond donors (Lipinski definition) is 0. The van der Waals surface area contributed by atoms with Gasteiger partial charge in [0.2, 0.25) is 0 Å². The van der Waals surface area contributed by atoms with Crippen LogP contribution in [0.5, 0.6) is 11.5 Å². The van der Waals surface area contributed by atoms with Crippen molar-refractivity contribution in [3.05, 3.63) is 58.6 Å². The van der Waals surface area contributed by atoms with Crippen LogP contribution in [0.3, 0.4) is 0 Å². The Morgan fingerprint density at radius 1 is 1.05 bits per heavy atom. The van der Waals surface area contributed by atoms with E-state index in [1.165, 1.54) is 0 Å². The molecule has 2 aromatic carbocycles. The fraction of sp³-hybridized carbons (Fsp3) is 0.188. The maximum atomic E-state index is 11.6. The molecule has 0 bridgehead atoms. The Balaban J connectivity index is 0.00000242. The molecule has 0 amide bonds. The van der Waals surface area contributed by atoms with E-state index in [4.69, 9.17) is 32.7 Å². The molecule has 0 aliphatic carbocycles. The molecule has 0 spiro atoms. The van der Waals surface area contributed by atoms with Crippen molar-refractivity contribution >= 4 is 58.7 Å². The minimum atomic E-state index is -0.285. The zero-order chi connectivity index (χ0) is 15.1. The monoisotopic (exact) mass is 348 g/mol. The summed E-state index contributed by atoms with van der Waals surface area (Å²) in [6.45, 7) is 0.380. The van der Waals surface area contributed by atoms with Crippen LogP contribution in [0.2, 0.25) is 10.0 Å². The van der Waals surface area contributed by atoms with Crippen LogP contribution in [0.25, 0.3) is 0 Å². The van der Waals surface area contributed by atoms with Crippen LogP contribution in [0.4, 0.5) is 0 Å². The van der Waals surface area contributed by atoms with E-state index in [0.717, 1.165) is 0 Å². The summed E-state index contributed by atoms with van der Waals surface area (Å²) < 4.78 is 10.7. The molecule has 3 nitrogen and oxygen atoms in total. The predicted octanol–water partition coefficient (Wildman–Crippen LogP) is 4.11. The first-order valence-corrected chi connectivity index (χ1v) is 7.24. The zero-order valence-corrected chi connectivity index (χ0v) is 12.7. The molecule has 2 rings (SSSR count). The fourth-order valence-electron chi connectivity index (χ4n) is 1.66. The van der Waals surface area contributed by atoms with Crippen molar-refractivity contribution in [2.45, 2.75) is 12.8 Å². The Morgan fingerprint density at radius 2 is 1.77 bits per heavy atom. The van der Waals surface area contributed by atoms with Crippen molar-refractivity contribution < 1.29 is 14.3 Å². The van der Waals surface area contributed by atoms with Crippen molar-refractivity contribution in [1.29, 1.82) is 0 Å². The Labute approximate surface area is 161 Å². The van der Waals surface area contributed by atoms with Gasteiger partial charge in [-0.05, 0) is 36.8 Å². The molecule has 0 atom stereocenters. The van der Waals surface area contributed by atoms with Crippen LogP contribution in [-0.4, -0.2) is 42.1 Å². The minimum absolute atomic E-state index is 0. The summed E-state index contributed by atoms with van der Waals surface area (Å²) in [4.78, 5) is 11.6. The SMILES string of the molecule is O=C(CCCOc1ccc(Cl)cc1Cl)Oc1ccccc1.[NaH]. The number of ether oxygens (including phenoxy) is 2. The van der Waals surface area contributed by atoms with Gasteiger partial charge in [0.15, 0.2) is 0 Å². The molecule has 2 aromatic rings. The van der Waals surface area contributed by atoms with Gasteiger partial charge >= 0.3 is 35.5 Å². The Hall–Kier alpha value is -0.710. The Morgan fingerprint density at radius 3 is 2.45 bits per heavy atom. The molecule has 6 heteroatoms. The van der Waals surface area contributed by atoms with E-state index in [0.29, 0.717) is 34.6 Å². The molecular weight excluding hydrogens is 334 g/mol. The van der Waals surface area contributed by atoms with Gasteiger partial charge in [-0.3, -0.25) is 4.79 Å². The van der Waals surface area contributed by atoms with Gasteiger partial charge in [0.1, 0.15) is 11.5 Å². The number of carbonyl (C=O) groups is 1. The second kappa shape index (κ2) is 10.1. The summed E-state index contributed by atoms with van der Waals surface area (Å²) in [6.07, 6.45) is 0.824. The van der Waals surface area contributed by atoms with Crippen molar-refractivity contribution in [3.63, 3.8) is 0 Å². The summed E-state index contributed by atoms with van der Waals surface area (Å²) in [5.74, 6) is 0.814. The molecular formula is C16H15Cl2NaO3. The average Bonchev–Trinajstić information content (AvgIpc) is 2.46. The van der Waals surface area contributed by atoms with Crippen LogP contribution in [-0.2, 0) is 4.79 Å². The number of carbonyl (C=O) groups excluding carboxylic acids is 1. The Bertz CT molecular complexity index is 606. The zero-order valence-electron chi connectivity index (χ0n) is 11.2. The molecule has 0 heterocycles. The molecule has 22 heavy (non-hydrogen) atoms. The number of benzene rings is 2. The summed E-state index contributed by atoms with van der Waals surface area (Å²) in [5, 5.41) is 1.01. The van der Waals surface area contributed by atoms with E-state index >= 15 is 0 Å². The van der Waals surface area contributed by atoms with Gasteiger partial charge in [-0.2, -0.15) is 0 Å². The summed E-state index contributed by atoms with van der Waals surface area (Å²) in [5.41, 5.74) is 0. The third-order valence-electron chi connectivity index (χ3n) is 2.65. The van der Waals surface area contributed by atoms with E-state index in [9.17, 15) is 4.79 Å². The fourth-order valence-corrected chi connectivity index (χ4v) is 2.12. The van der Waals surface area contributed by atoms with Crippen molar-refractivity contribution in [2.75, 3.05) is 6.61 Å². The van der Waals surface area contributed by atoms with Gasteiger partial charge in [-0.1, -0.05) is 41.4 Å². The van der Waals surface area contributed by atoms with E-state index < -0.39 is 0 Å². The van der Waals surface area contributed by atoms with E-state index in [2.05, 4.69) is 0 Å². The van der Waals surface area contributed by atoms with Crippen molar-refractivity contribution in [3.8, 4) is 11.5 Å². The molecule has 0 fully saturated rings. The van der Waals surface area contributed by atoms with Gasteiger partial charge in [0.05, 0.1) is 11.6 Å². The number of halogens is 2. The van der Waals surface area contributed by atoms with Crippen LogP contribution in [0.15, 0.2) is 48.5 Å². The first kappa shape index (κ1) is 19.3. The van der Waals surface area contributed by atoms with E-state index in [1.807, 2.05) is 18.2 Å². The second-order valence-corrected chi connectivity index (χ2v) is 5.16. The third kappa shape index (κ3) is 6.59. The third-order valence-corrected chi connectivity index (χ3v) is 3.18. The van der Waals surface area contributed by atoms with Crippen LogP contribution >= 0.6 is 23.2 Å². The summed E-state index contributed by atoms with van der Waals surface area (Å²) >= 11 is 11.8. The summed E-state index contributed by atoms with van der Waals surface area (Å²) in [6, 6.07) is 14.0. The van der Waals surface area contributed by atoms with Gasteiger partial charge < -0.3 is 9.47 Å². The second-order valence-electron chi connectivity index (χ2n) is 4.31. The van der Waals surface area contributed by atoms with Crippen LogP contribution < -0.4 is 9.47 Å². The standard InChI is InChI=1S/C16H14Cl2O3.Na.H/c17-12-8-9-15(14(18)11-12)20-10-4-7-16(19)21-13-5-2-1-3-6-13;;/h1-3,5-6,8-9,11H,4,7,10H2;;. The van der Waals surface area contributed by atoms with Crippen LogP contribution in [0, 0.1) is 0 Å². The van der Waals surface area contributed by atoms with Gasteiger partial charge in [-0.25, -0.2) is 0 Å². The molecule has 0 saturated carbocycles. The molecule has 0 aromatic heterocycles. The van der Waals surface area contributed by atoms with E-state index in [1.54, 1.807) is 30.3 Å². The van der Waals surface area contributed by atoms with E-state index in [-0.39, 0.29) is 41.9 Å². The van der Waals surface area contributed by atoms with Crippen LogP contribution in [0.1, 0.15) is 12.8 Å². The molecule has 0 saturated heterocycles. The van der Waals surface area contributed by atoms with Gasteiger partial charge in [0, 0.05) is 11.4 Å². The number of para-hydroxylation sites is 1. The first-order chi connectivity index (χ1) is 10.1.